The average molecular weight is 216 g/mol. The smallest absolute Gasteiger partial charge is 0.175 e. The number of aliphatic hydroxyl groups is 1. The van der Waals surface area contributed by atoms with Crippen molar-refractivity contribution in [3.63, 3.8) is 0 Å². The molecule has 14 heavy (non-hydrogen) atoms. The van der Waals surface area contributed by atoms with Crippen molar-refractivity contribution < 1.29 is 18.6 Å². The van der Waals surface area contributed by atoms with Crippen molar-refractivity contribution >= 4 is 9.84 Å². The molecule has 2 N–H and O–H groups in total. The molecule has 0 aromatic heterocycles. The van der Waals surface area contributed by atoms with Gasteiger partial charge in [-0.2, -0.15) is 0 Å². The number of benzene rings is 1. The lowest BCUT2D eigenvalue weighted by Gasteiger charge is -2.08. The van der Waals surface area contributed by atoms with Gasteiger partial charge in [0.05, 0.1) is 4.90 Å². The number of sulfone groups is 1. The molecule has 0 aliphatic heterocycles. The van der Waals surface area contributed by atoms with Crippen LogP contribution in [0.3, 0.4) is 0 Å². The SMILES string of the molecule is CS(=O)(=O)c1cccc(O)c1CCO. The number of hydrogen-bond donors (Lipinski definition) is 2. The van der Waals surface area contributed by atoms with Crippen molar-refractivity contribution in [1.29, 1.82) is 0 Å². The van der Waals surface area contributed by atoms with E-state index >= 15 is 0 Å². The molecule has 0 radical (unpaired) electrons. The van der Waals surface area contributed by atoms with Gasteiger partial charge in [-0.15, -0.1) is 0 Å². The van der Waals surface area contributed by atoms with Crippen LogP contribution in [0.2, 0.25) is 0 Å². The molecule has 1 rings (SSSR count). The summed E-state index contributed by atoms with van der Waals surface area (Å²) in [4.78, 5) is 0.0755. The molecule has 0 bridgehead atoms. The molecule has 0 spiro atoms. The van der Waals surface area contributed by atoms with Gasteiger partial charge in [0, 0.05) is 24.8 Å². The monoisotopic (exact) mass is 216 g/mol. The summed E-state index contributed by atoms with van der Waals surface area (Å²) in [7, 11) is -3.35. The predicted molar refractivity (Wildman–Crippen MR) is 52.0 cm³/mol. The molecule has 78 valence electrons. The van der Waals surface area contributed by atoms with Crippen LogP contribution in [-0.2, 0) is 16.3 Å². The first-order valence-electron chi connectivity index (χ1n) is 4.08. The van der Waals surface area contributed by atoms with Crippen LogP contribution < -0.4 is 0 Å². The first-order valence-corrected chi connectivity index (χ1v) is 5.97. The maximum Gasteiger partial charge on any atom is 0.175 e. The van der Waals surface area contributed by atoms with Gasteiger partial charge in [0.25, 0.3) is 0 Å². The van der Waals surface area contributed by atoms with Crippen molar-refractivity contribution in [3.8, 4) is 5.75 Å². The first-order chi connectivity index (χ1) is 6.46. The zero-order valence-electron chi connectivity index (χ0n) is 7.77. The highest BCUT2D eigenvalue weighted by molar-refractivity contribution is 7.90. The van der Waals surface area contributed by atoms with E-state index in [4.69, 9.17) is 5.11 Å². The number of rotatable bonds is 3. The molecule has 0 amide bonds. The van der Waals surface area contributed by atoms with E-state index in [-0.39, 0.29) is 29.2 Å². The van der Waals surface area contributed by atoms with Crippen molar-refractivity contribution in [2.45, 2.75) is 11.3 Å². The van der Waals surface area contributed by atoms with E-state index in [2.05, 4.69) is 0 Å². The number of aromatic hydroxyl groups is 1. The van der Waals surface area contributed by atoms with Crippen LogP contribution in [-0.4, -0.2) is 31.5 Å². The Morgan fingerprint density at radius 3 is 2.50 bits per heavy atom. The highest BCUT2D eigenvalue weighted by atomic mass is 32.2. The van der Waals surface area contributed by atoms with Crippen molar-refractivity contribution in [1.82, 2.24) is 0 Å². The summed E-state index contributed by atoms with van der Waals surface area (Å²) in [6.07, 6.45) is 1.21. The molecule has 1 aromatic carbocycles. The van der Waals surface area contributed by atoms with Gasteiger partial charge in [-0.3, -0.25) is 0 Å². The first kappa shape index (κ1) is 11.0. The number of phenols is 1. The summed E-state index contributed by atoms with van der Waals surface area (Å²) in [5, 5.41) is 18.1. The Kier molecular flexibility index (Phi) is 3.13. The van der Waals surface area contributed by atoms with Crippen LogP contribution in [0.4, 0.5) is 0 Å². The molecule has 5 heteroatoms. The molecular weight excluding hydrogens is 204 g/mol. The van der Waals surface area contributed by atoms with Gasteiger partial charge in [-0.25, -0.2) is 8.42 Å². The zero-order valence-corrected chi connectivity index (χ0v) is 8.58. The molecular formula is C9H12O4S. The maximum absolute atomic E-state index is 11.3. The molecule has 4 nitrogen and oxygen atoms in total. The zero-order chi connectivity index (χ0) is 10.8. The van der Waals surface area contributed by atoms with Gasteiger partial charge in [0.2, 0.25) is 0 Å². The fourth-order valence-corrected chi connectivity index (χ4v) is 2.24. The maximum atomic E-state index is 11.3. The van der Waals surface area contributed by atoms with E-state index in [9.17, 15) is 13.5 Å². The molecule has 0 aliphatic carbocycles. The quantitative estimate of drug-likeness (QED) is 0.763. The molecule has 0 aliphatic rings. The Morgan fingerprint density at radius 1 is 1.36 bits per heavy atom. The summed E-state index contributed by atoms with van der Waals surface area (Å²) in [5.41, 5.74) is 0.275. The Morgan fingerprint density at radius 2 is 2.00 bits per heavy atom. The Balaban J connectivity index is 3.36. The van der Waals surface area contributed by atoms with E-state index < -0.39 is 9.84 Å². The van der Waals surface area contributed by atoms with Crippen molar-refractivity contribution in [2.24, 2.45) is 0 Å². The topological polar surface area (TPSA) is 74.6 Å². The minimum absolute atomic E-state index is 0.0755. The molecule has 0 unspecified atom stereocenters. The summed E-state index contributed by atoms with van der Waals surface area (Å²) >= 11 is 0. The van der Waals surface area contributed by atoms with E-state index in [1.54, 1.807) is 0 Å². The van der Waals surface area contributed by atoms with E-state index in [0.29, 0.717) is 0 Å². The van der Waals surface area contributed by atoms with Gasteiger partial charge < -0.3 is 10.2 Å². The molecule has 0 saturated carbocycles. The fourth-order valence-electron chi connectivity index (χ4n) is 1.26. The van der Waals surface area contributed by atoms with Crippen LogP contribution in [0.1, 0.15) is 5.56 Å². The second-order valence-electron chi connectivity index (χ2n) is 3.00. The molecule has 1 aromatic rings. The number of hydrogen-bond acceptors (Lipinski definition) is 4. The largest absolute Gasteiger partial charge is 0.508 e. The van der Waals surface area contributed by atoms with Crippen LogP contribution in [0, 0.1) is 0 Å². The lowest BCUT2D eigenvalue weighted by Crippen LogP contribution is -2.04. The molecule has 0 saturated heterocycles. The van der Waals surface area contributed by atoms with Gasteiger partial charge >= 0.3 is 0 Å². The predicted octanol–water partition coefficient (Wildman–Crippen LogP) is 0.331. The molecule has 0 atom stereocenters. The van der Waals surface area contributed by atoms with Crippen molar-refractivity contribution in [3.05, 3.63) is 23.8 Å². The normalized spacial score (nSPS) is 11.6. The van der Waals surface area contributed by atoms with E-state index in [1.807, 2.05) is 0 Å². The Hall–Kier alpha value is -1.07. The van der Waals surface area contributed by atoms with Crippen LogP contribution in [0.25, 0.3) is 0 Å². The van der Waals surface area contributed by atoms with Gasteiger partial charge in [0.1, 0.15) is 5.75 Å². The summed E-state index contributed by atoms with van der Waals surface area (Å²) in [6, 6.07) is 4.28. The van der Waals surface area contributed by atoms with Gasteiger partial charge in [-0.05, 0) is 12.1 Å². The number of phenolic OH excluding ortho intramolecular Hbond substituents is 1. The van der Waals surface area contributed by atoms with Gasteiger partial charge in [-0.1, -0.05) is 6.07 Å². The van der Waals surface area contributed by atoms with Crippen LogP contribution >= 0.6 is 0 Å². The van der Waals surface area contributed by atoms with Crippen molar-refractivity contribution in [2.75, 3.05) is 12.9 Å². The third-order valence-corrected chi connectivity index (χ3v) is 3.05. The van der Waals surface area contributed by atoms with Crippen LogP contribution in [0.5, 0.6) is 5.75 Å². The Bertz CT molecular complexity index is 422. The highest BCUT2D eigenvalue weighted by Crippen LogP contribution is 2.24. The van der Waals surface area contributed by atoms with Gasteiger partial charge in [0.15, 0.2) is 9.84 Å². The minimum Gasteiger partial charge on any atom is -0.508 e. The van der Waals surface area contributed by atoms with E-state index in [1.165, 1.54) is 18.2 Å². The second kappa shape index (κ2) is 3.98. The Labute approximate surface area is 82.7 Å². The lowest BCUT2D eigenvalue weighted by atomic mass is 10.1. The fraction of sp³-hybridized carbons (Fsp3) is 0.333. The summed E-state index contributed by atoms with van der Waals surface area (Å²) in [6.45, 7) is -0.194. The third-order valence-electron chi connectivity index (χ3n) is 1.87. The highest BCUT2D eigenvalue weighted by Gasteiger charge is 2.15. The van der Waals surface area contributed by atoms with Crippen LogP contribution in [0.15, 0.2) is 23.1 Å². The average Bonchev–Trinajstić information content (AvgIpc) is 2.07. The lowest BCUT2D eigenvalue weighted by molar-refractivity contribution is 0.296. The summed E-state index contributed by atoms with van der Waals surface area (Å²) < 4.78 is 22.6. The molecule has 0 fully saturated rings. The summed E-state index contributed by atoms with van der Waals surface area (Å²) in [5.74, 6) is -0.0954. The number of aliphatic hydroxyl groups excluding tert-OH is 1. The standard InChI is InChI=1S/C9H12O4S/c1-14(12,13)9-4-2-3-8(11)7(9)5-6-10/h2-4,10-11H,5-6H2,1H3. The third kappa shape index (κ3) is 2.24. The minimum atomic E-state index is -3.35. The second-order valence-corrected chi connectivity index (χ2v) is 4.98. The molecule has 0 heterocycles. The van der Waals surface area contributed by atoms with E-state index in [0.717, 1.165) is 6.26 Å².